The van der Waals surface area contributed by atoms with Crippen LogP contribution in [0.4, 0.5) is 8.78 Å². The smallest absolute Gasteiger partial charge is 0.248 e. The number of fused-ring (bicyclic) bond motifs is 2. The van der Waals surface area contributed by atoms with E-state index in [0.29, 0.717) is 17.7 Å². The highest BCUT2D eigenvalue weighted by Gasteiger charge is 2.47. The Bertz CT molecular complexity index is 362. The average molecular weight is 336 g/mol. The number of amides is 1. The van der Waals surface area contributed by atoms with Crippen molar-refractivity contribution in [2.45, 2.75) is 74.2 Å². The lowest BCUT2D eigenvalue weighted by atomic mass is 9.84. The Kier molecular flexibility index (Phi) is 3.61. The molecule has 3 aliphatic rings. The number of carbonyl (C=O) groups excluding carboxylic acids is 1. The van der Waals surface area contributed by atoms with E-state index in [-0.39, 0.29) is 30.8 Å². The van der Waals surface area contributed by atoms with Crippen molar-refractivity contribution in [2.24, 2.45) is 5.92 Å². The molecular weight excluding hydrogens is 316 g/mol. The zero-order valence-electron chi connectivity index (χ0n) is 11.0. The molecule has 3 unspecified atom stereocenters. The molecule has 108 valence electrons. The van der Waals surface area contributed by atoms with Gasteiger partial charge in [0.2, 0.25) is 11.8 Å². The van der Waals surface area contributed by atoms with Gasteiger partial charge in [0.1, 0.15) is 0 Å². The Labute approximate surface area is 121 Å². The second-order valence-electron chi connectivity index (χ2n) is 6.35. The first-order chi connectivity index (χ1) is 8.96. The topological polar surface area (TPSA) is 20.3 Å². The molecule has 0 aromatic rings. The first-order valence-corrected chi connectivity index (χ1v) is 8.22. The van der Waals surface area contributed by atoms with Gasteiger partial charge in [-0.15, -0.1) is 0 Å². The van der Waals surface area contributed by atoms with Crippen LogP contribution in [0.5, 0.6) is 0 Å². The molecule has 2 heterocycles. The zero-order valence-corrected chi connectivity index (χ0v) is 12.5. The third-order valence-electron chi connectivity index (χ3n) is 4.92. The van der Waals surface area contributed by atoms with Crippen molar-refractivity contribution in [3.63, 3.8) is 0 Å². The van der Waals surface area contributed by atoms with Crippen molar-refractivity contribution in [2.75, 3.05) is 0 Å². The lowest BCUT2D eigenvalue weighted by Gasteiger charge is -2.40. The van der Waals surface area contributed by atoms with E-state index < -0.39 is 11.8 Å². The van der Waals surface area contributed by atoms with Gasteiger partial charge >= 0.3 is 0 Å². The summed E-state index contributed by atoms with van der Waals surface area (Å²) in [4.78, 5) is 15.0. The quantitative estimate of drug-likeness (QED) is 0.668. The third-order valence-corrected chi connectivity index (χ3v) is 5.67. The van der Waals surface area contributed by atoms with Gasteiger partial charge in [-0.05, 0) is 38.5 Å². The second-order valence-corrected chi connectivity index (χ2v) is 7.64. The number of alkyl halides is 3. The second kappa shape index (κ2) is 4.97. The van der Waals surface area contributed by atoms with Crippen LogP contribution in [0.2, 0.25) is 0 Å². The molecule has 0 spiro atoms. The Morgan fingerprint density at radius 2 is 1.79 bits per heavy atom. The summed E-state index contributed by atoms with van der Waals surface area (Å²) in [5, 5.41) is 0. The van der Waals surface area contributed by atoms with Gasteiger partial charge < -0.3 is 4.90 Å². The van der Waals surface area contributed by atoms with E-state index in [1.54, 1.807) is 0 Å². The zero-order chi connectivity index (χ0) is 13.6. The van der Waals surface area contributed by atoms with Crippen molar-refractivity contribution in [1.82, 2.24) is 4.90 Å². The lowest BCUT2D eigenvalue weighted by Crippen LogP contribution is -2.50. The molecular formula is C14H20BrF2NO. The molecule has 2 nitrogen and oxygen atoms in total. The fourth-order valence-electron chi connectivity index (χ4n) is 4.06. The molecule has 3 atom stereocenters. The van der Waals surface area contributed by atoms with Crippen LogP contribution in [0.3, 0.4) is 0 Å². The van der Waals surface area contributed by atoms with Crippen LogP contribution in [-0.2, 0) is 4.79 Å². The summed E-state index contributed by atoms with van der Waals surface area (Å²) in [6, 6.07) is 0.567. The fraction of sp³-hybridized carbons (Fsp3) is 0.929. The normalized spacial score (nSPS) is 41.3. The molecule has 3 rings (SSSR count). The molecule has 0 N–H and O–H groups in total. The molecule has 19 heavy (non-hydrogen) atoms. The van der Waals surface area contributed by atoms with Crippen LogP contribution in [0, 0.1) is 5.92 Å². The molecule has 1 amide bonds. The van der Waals surface area contributed by atoms with E-state index >= 15 is 0 Å². The highest BCUT2D eigenvalue weighted by atomic mass is 79.9. The van der Waals surface area contributed by atoms with Crippen LogP contribution in [0.15, 0.2) is 0 Å². The van der Waals surface area contributed by atoms with Crippen LogP contribution < -0.4 is 0 Å². The Morgan fingerprint density at radius 1 is 1.16 bits per heavy atom. The number of hydrogen-bond donors (Lipinski definition) is 0. The first-order valence-electron chi connectivity index (χ1n) is 7.30. The van der Waals surface area contributed by atoms with E-state index in [1.807, 2.05) is 4.90 Å². The monoisotopic (exact) mass is 335 g/mol. The number of halogens is 3. The largest absolute Gasteiger partial charge is 0.336 e. The highest BCUT2D eigenvalue weighted by Crippen LogP contribution is 2.43. The van der Waals surface area contributed by atoms with Crippen LogP contribution >= 0.6 is 15.9 Å². The molecule has 3 fully saturated rings. The van der Waals surface area contributed by atoms with Crippen molar-refractivity contribution >= 4 is 21.8 Å². The van der Waals surface area contributed by atoms with Crippen LogP contribution in [0.1, 0.15) is 51.4 Å². The summed E-state index contributed by atoms with van der Waals surface area (Å²) in [5.74, 6) is -3.07. The fourth-order valence-corrected chi connectivity index (χ4v) is 4.93. The SMILES string of the molecule is O=C(C1CCCC(F)(F)C1)N1C2CCC1CC(Br)C2. The van der Waals surface area contributed by atoms with E-state index in [0.717, 1.165) is 25.7 Å². The minimum atomic E-state index is -2.63. The molecule has 1 saturated carbocycles. The van der Waals surface area contributed by atoms with E-state index in [2.05, 4.69) is 15.9 Å². The van der Waals surface area contributed by atoms with Gasteiger partial charge in [0, 0.05) is 35.7 Å². The average Bonchev–Trinajstić information content (AvgIpc) is 2.59. The van der Waals surface area contributed by atoms with Gasteiger partial charge in [0.05, 0.1) is 0 Å². The summed E-state index contributed by atoms with van der Waals surface area (Å²) in [6.07, 6.45) is 4.88. The summed E-state index contributed by atoms with van der Waals surface area (Å²) in [5.41, 5.74) is 0. The van der Waals surface area contributed by atoms with Gasteiger partial charge in [0.25, 0.3) is 0 Å². The van der Waals surface area contributed by atoms with Gasteiger partial charge in [-0.3, -0.25) is 4.79 Å². The van der Waals surface area contributed by atoms with Crippen LogP contribution in [0.25, 0.3) is 0 Å². The molecule has 2 saturated heterocycles. The van der Waals surface area contributed by atoms with Crippen molar-refractivity contribution in [1.29, 1.82) is 0 Å². The molecule has 5 heteroatoms. The van der Waals surface area contributed by atoms with Gasteiger partial charge in [0.15, 0.2) is 0 Å². The number of carbonyl (C=O) groups is 1. The van der Waals surface area contributed by atoms with E-state index in [1.165, 1.54) is 0 Å². The molecule has 1 aliphatic carbocycles. The Morgan fingerprint density at radius 3 is 2.37 bits per heavy atom. The lowest BCUT2D eigenvalue weighted by molar-refractivity contribution is -0.146. The predicted octanol–water partition coefficient (Wildman–Crippen LogP) is 3.73. The molecule has 0 radical (unpaired) electrons. The third kappa shape index (κ3) is 2.67. The first kappa shape index (κ1) is 13.8. The van der Waals surface area contributed by atoms with E-state index in [4.69, 9.17) is 0 Å². The number of hydrogen-bond acceptors (Lipinski definition) is 1. The standard InChI is InChI=1S/C14H20BrF2NO/c15-10-6-11-3-4-12(7-10)18(11)13(19)9-2-1-5-14(16,17)8-9/h9-12H,1-8H2. The number of piperidine rings is 1. The Hall–Kier alpha value is -0.190. The maximum Gasteiger partial charge on any atom is 0.248 e. The Balaban J connectivity index is 1.71. The minimum Gasteiger partial charge on any atom is -0.336 e. The summed E-state index contributed by atoms with van der Waals surface area (Å²) in [7, 11) is 0. The number of nitrogens with zero attached hydrogens (tertiary/aromatic N) is 1. The summed E-state index contributed by atoms with van der Waals surface area (Å²) < 4.78 is 27.0. The van der Waals surface area contributed by atoms with E-state index in [9.17, 15) is 13.6 Å². The predicted molar refractivity (Wildman–Crippen MR) is 72.5 cm³/mol. The molecule has 2 aliphatic heterocycles. The van der Waals surface area contributed by atoms with Gasteiger partial charge in [-0.2, -0.15) is 0 Å². The van der Waals surface area contributed by atoms with Crippen molar-refractivity contribution < 1.29 is 13.6 Å². The van der Waals surface area contributed by atoms with Gasteiger partial charge in [-0.25, -0.2) is 8.78 Å². The molecule has 0 aromatic carbocycles. The maximum absolute atomic E-state index is 13.5. The molecule has 2 bridgehead atoms. The summed E-state index contributed by atoms with van der Waals surface area (Å²) in [6.45, 7) is 0. The number of rotatable bonds is 1. The molecule has 0 aromatic heterocycles. The van der Waals surface area contributed by atoms with Crippen molar-refractivity contribution in [3.05, 3.63) is 0 Å². The summed E-state index contributed by atoms with van der Waals surface area (Å²) >= 11 is 3.64. The highest BCUT2D eigenvalue weighted by molar-refractivity contribution is 9.09. The van der Waals surface area contributed by atoms with Gasteiger partial charge in [-0.1, -0.05) is 15.9 Å². The van der Waals surface area contributed by atoms with Crippen molar-refractivity contribution in [3.8, 4) is 0 Å². The van der Waals surface area contributed by atoms with Crippen LogP contribution in [-0.4, -0.2) is 33.6 Å². The minimum absolute atomic E-state index is 0.00581. The maximum atomic E-state index is 13.5.